The Morgan fingerprint density at radius 1 is 1.19 bits per heavy atom. The topological polar surface area (TPSA) is 94.6 Å². The number of hydrogen-bond donors (Lipinski definition) is 2. The lowest BCUT2D eigenvalue weighted by molar-refractivity contribution is -0.123. The molecule has 2 N–H and O–H groups in total. The van der Waals surface area contributed by atoms with Crippen LogP contribution in [0.1, 0.15) is 23.2 Å². The van der Waals surface area contributed by atoms with E-state index in [1.165, 1.54) is 4.90 Å². The number of nitrogens with zero attached hydrogens (tertiary/aromatic N) is 3. The highest BCUT2D eigenvalue weighted by Crippen LogP contribution is 2.19. The second-order valence-corrected chi connectivity index (χ2v) is 8.67. The Labute approximate surface area is 190 Å². The Morgan fingerprint density at radius 3 is 2.71 bits per heavy atom. The lowest BCUT2D eigenvalue weighted by atomic mass is 9.97. The lowest BCUT2D eigenvalue weighted by Crippen LogP contribution is -2.44. The molecule has 1 saturated heterocycles. The maximum Gasteiger partial charge on any atom is 0.253 e. The zero-order valence-electron chi connectivity index (χ0n) is 17.6. The van der Waals surface area contributed by atoms with Gasteiger partial charge in [0.15, 0.2) is 0 Å². The van der Waals surface area contributed by atoms with Crippen molar-refractivity contribution in [2.75, 3.05) is 44.4 Å². The molecule has 1 aromatic carbocycles. The van der Waals surface area contributed by atoms with Crippen LogP contribution in [0, 0.1) is 5.92 Å². The zero-order valence-corrected chi connectivity index (χ0v) is 19.2. The maximum atomic E-state index is 12.6. The molecule has 1 unspecified atom stereocenters. The van der Waals surface area contributed by atoms with Gasteiger partial charge in [-0.05, 0) is 65.6 Å². The zero-order chi connectivity index (χ0) is 22.4. The van der Waals surface area contributed by atoms with Crippen LogP contribution in [0.25, 0.3) is 0 Å². The summed E-state index contributed by atoms with van der Waals surface area (Å²) in [6.45, 7) is 1.45. The van der Waals surface area contributed by atoms with Gasteiger partial charge in [0.1, 0.15) is 5.82 Å². The van der Waals surface area contributed by atoms with Gasteiger partial charge in [0.05, 0.1) is 12.5 Å². The highest BCUT2D eigenvalue weighted by atomic mass is 79.9. The molecule has 1 aliphatic rings. The first-order valence-electron chi connectivity index (χ1n) is 10.1. The number of benzene rings is 1. The van der Waals surface area contributed by atoms with E-state index in [1.54, 1.807) is 50.6 Å². The predicted molar refractivity (Wildman–Crippen MR) is 123 cm³/mol. The second kappa shape index (κ2) is 10.5. The number of likely N-dealkylation sites (tertiary alicyclic amines) is 1. The van der Waals surface area contributed by atoms with Crippen molar-refractivity contribution >= 4 is 45.2 Å². The van der Waals surface area contributed by atoms with Crippen molar-refractivity contribution in [2.24, 2.45) is 5.92 Å². The number of piperidine rings is 1. The fourth-order valence-electron chi connectivity index (χ4n) is 3.48. The molecule has 0 bridgehead atoms. The number of hydrogen-bond acceptors (Lipinski definition) is 5. The number of amides is 3. The highest BCUT2D eigenvalue weighted by Gasteiger charge is 2.27. The second-order valence-electron chi connectivity index (χ2n) is 7.75. The van der Waals surface area contributed by atoms with Gasteiger partial charge in [0, 0.05) is 42.6 Å². The van der Waals surface area contributed by atoms with Crippen LogP contribution in [0.5, 0.6) is 0 Å². The van der Waals surface area contributed by atoms with Crippen LogP contribution in [-0.2, 0) is 9.59 Å². The molecule has 0 aliphatic carbocycles. The molecule has 1 aliphatic heterocycles. The molecule has 164 valence electrons. The van der Waals surface area contributed by atoms with Crippen LogP contribution in [0.4, 0.5) is 11.5 Å². The van der Waals surface area contributed by atoms with Crippen molar-refractivity contribution in [1.29, 1.82) is 0 Å². The first kappa shape index (κ1) is 22.9. The minimum Gasteiger partial charge on any atom is -0.345 e. The number of halogens is 1. The van der Waals surface area contributed by atoms with Crippen LogP contribution in [0.3, 0.4) is 0 Å². The molecule has 1 fully saturated rings. The lowest BCUT2D eigenvalue weighted by Gasteiger charge is -2.31. The third-order valence-corrected chi connectivity index (χ3v) is 5.49. The predicted octanol–water partition coefficient (Wildman–Crippen LogP) is 2.84. The molecule has 8 nitrogen and oxygen atoms in total. The Morgan fingerprint density at radius 2 is 2.00 bits per heavy atom. The van der Waals surface area contributed by atoms with E-state index in [2.05, 4.69) is 31.5 Å². The summed E-state index contributed by atoms with van der Waals surface area (Å²) in [7, 11) is 3.37. The van der Waals surface area contributed by atoms with Gasteiger partial charge < -0.3 is 15.5 Å². The minimum absolute atomic E-state index is 0.0881. The molecule has 0 spiro atoms. The molecule has 3 amide bonds. The van der Waals surface area contributed by atoms with Crippen molar-refractivity contribution in [1.82, 2.24) is 14.8 Å². The van der Waals surface area contributed by atoms with E-state index in [-0.39, 0.29) is 30.2 Å². The van der Waals surface area contributed by atoms with Crippen LogP contribution < -0.4 is 10.6 Å². The summed E-state index contributed by atoms with van der Waals surface area (Å²) in [4.78, 5) is 44.9. The van der Waals surface area contributed by atoms with Gasteiger partial charge in [-0.25, -0.2) is 4.98 Å². The Hall–Kier alpha value is -2.78. The van der Waals surface area contributed by atoms with Crippen molar-refractivity contribution in [3.63, 3.8) is 0 Å². The average molecular weight is 488 g/mol. The quantitative estimate of drug-likeness (QED) is 0.653. The summed E-state index contributed by atoms with van der Waals surface area (Å²) in [5, 5.41) is 5.69. The summed E-state index contributed by atoms with van der Waals surface area (Å²) < 4.78 is 0.844. The molecule has 1 aromatic heterocycles. The van der Waals surface area contributed by atoms with Gasteiger partial charge in [-0.1, -0.05) is 6.07 Å². The van der Waals surface area contributed by atoms with E-state index in [0.29, 0.717) is 23.6 Å². The first-order chi connectivity index (χ1) is 14.8. The molecule has 9 heteroatoms. The van der Waals surface area contributed by atoms with Crippen molar-refractivity contribution in [3.05, 3.63) is 52.6 Å². The van der Waals surface area contributed by atoms with Crippen LogP contribution >= 0.6 is 15.9 Å². The fraction of sp³-hybridized carbons (Fsp3) is 0.364. The van der Waals surface area contributed by atoms with E-state index in [9.17, 15) is 14.4 Å². The Bertz CT molecular complexity index is 948. The third kappa shape index (κ3) is 6.60. The van der Waals surface area contributed by atoms with E-state index in [1.807, 2.05) is 11.0 Å². The largest absolute Gasteiger partial charge is 0.345 e. The number of carbonyl (C=O) groups excluding carboxylic acids is 3. The molecule has 3 rings (SSSR count). The average Bonchev–Trinajstić information content (AvgIpc) is 2.75. The Balaban J connectivity index is 1.53. The molecule has 0 saturated carbocycles. The molecular weight excluding hydrogens is 462 g/mol. The molecule has 2 aromatic rings. The molecule has 1 atom stereocenters. The summed E-state index contributed by atoms with van der Waals surface area (Å²) in [5.74, 6) is -0.0792. The smallest absolute Gasteiger partial charge is 0.253 e. The minimum atomic E-state index is -0.201. The standard InChI is InChI=1S/C22H26BrN5O3/c1-27(2)22(31)15-5-3-7-18(11-15)25-20(29)14-28-10-4-6-16(13-28)21(30)26-19-9-8-17(23)12-24-19/h3,5,7-9,11-12,16H,4,6,10,13-14H2,1-2H3,(H,25,29)(H,24,26,30). The van der Waals surface area contributed by atoms with E-state index < -0.39 is 0 Å². The molecule has 0 radical (unpaired) electrons. The van der Waals surface area contributed by atoms with Crippen molar-refractivity contribution in [3.8, 4) is 0 Å². The summed E-state index contributed by atoms with van der Waals surface area (Å²) in [6.07, 6.45) is 3.25. The van der Waals surface area contributed by atoms with Gasteiger partial charge in [-0.2, -0.15) is 0 Å². The SMILES string of the molecule is CN(C)C(=O)c1cccc(NC(=O)CN2CCCC(C(=O)Nc3ccc(Br)cn3)C2)c1. The first-order valence-corrected chi connectivity index (χ1v) is 10.9. The summed E-state index contributed by atoms with van der Waals surface area (Å²) in [5.41, 5.74) is 1.09. The Kier molecular flexibility index (Phi) is 7.75. The van der Waals surface area contributed by atoms with Gasteiger partial charge in [-0.15, -0.1) is 0 Å². The van der Waals surface area contributed by atoms with Crippen molar-refractivity contribution in [2.45, 2.75) is 12.8 Å². The number of pyridine rings is 1. The van der Waals surface area contributed by atoms with Crippen LogP contribution in [0.2, 0.25) is 0 Å². The highest BCUT2D eigenvalue weighted by molar-refractivity contribution is 9.10. The summed E-state index contributed by atoms with van der Waals surface area (Å²) >= 11 is 3.32. The maximum absolute atomic E-state index is 12.6. The third-order valence-electron chi connectivity index (χ3n) is 5.02. The van der Waals surface area contributed by atoms with E-state index in [4.69, 9.17) is 0 Å². The van der Waals surface area contributed by atoms with Crippen LogP contribution in [-0.4, -0.2) is 66.2 Å². The number of aromatic nitrogens is 1. The van der Waals surface area contributed by atoms with E-state index >= 15 is 0 Å². The number of carbonyl (C=O) groups is 3. The number of anilines is 2. The van der Waals surface area contributed by atoms with E-state index in [0.717, 1.165) is 23.9 Å². The number of nitrogens with one attached hydrogen (secondary N) is 2. The monoisotopic (exact) mass is 487 g/mol. The van der Waals surface area contributed by atoms with Crippen LogP contribution in [0.15, 0.2) is 47.1 Å². The van der Waals surface area contributed by atoms with Gasteiger partial charge in [0.25, 0.3) is 5.91 Å². The molecular formula is C22H26BrN5O3. The van der Waals surface area contributed by atoms with Gasteiger partial charge >= 0.3 is 0 Å². The fourth-order valence-corrected chi connectivity index (χ4v) is 3.72. The summed E-state index contributed by atoms with van der Waals surface area (Å²) in [6, 6.07) is 10.4. The molecule has 2 heterocycles. The van der Waals surface area contributed by atoms with Gasteiger partial charge in [0.2, 0.25) is 11.8 Å². The van der Waals surface area contributed by atoms with Crippen molar-refractivity contribution < 1.29 is 14.4 Å². The number of rotatable bonds is 6. The van der Waals surface area contributed by atoms with Gasteiger partial charge in [-0.3, -0.25) is 19.3 Å². The normalized spacial score (nSPS) is 16.4. The molecule has 31 heavy (non-hydrogen) atoms.